The van der Waals surface area contributed by atoms with Crippen molar-refractivity contribution in [3.05, 3.63) is 18.0 Å². The number of hydrogen-bond donors (Lipinski definition) is 0. The molecule has 3 heterocycles. The summed E-state index contributed by atoms with van der Waals surface area (Å²) in [5.41, 5.74) is -0.398. The zero-order valence-corrected chi connectivity index (χ0v) is 19.8. The van der Waals surface area contributed by atoms with Crippen LogP contribution in [0, 0.1) is 11.3 Å². The lowest BCUT2D eigenvalue weighted by Gasteiger charge is -2.44. The maximum absolute atomic E-state index is 13.0. The first-order valence-electron chi connectivity index (χ1n) is 11.8. The number of ether oxygens (including phenoxy) is 1. The minimum absolute atomic E-state index is 0.0726. The van der Waals surface area contributed by atoms with Gasteiger partial charge < -0.3 is 14.5 Å². The van der Waals surface area contributed by atoms with Gasteiger partial charge in [-0.1, -0.05) is 13.8 Å². The van der Waals surface area contributed by atoms with Crippen LogP contribution < -0.4 is 4.90 Å². The van der Waals surface area contributed by atoms with Crippen LogP contribution in [-0.2, 0) is 10.9 Å². The topological polar surface area (TPSA) is 61.8 Å². The number of anilines is 1. The van der Waals surface area contributed by atoms with Gasteiger partial charge in [0.15, 0.2) is 0 Å². The van der Waals surface area contributed by atoms with Gasteiger partial charge in [0.25, 0.3) is 0 Å². The molecule has 33 heavy (non-hydrogen) atoms. The van der Waals surface area contributed by atoms with E-state index in [1.807, 2.05) is 18.7 Å². The van der Waals surface area contributed by atoms with Gasteiger partial charge in [-0.2, -0.15) is 13.2 Å². The molecule has 1 saturated carbocycles. The Morgan fingerprint density at radius 1 is 1.12 bits per heavy atom. The summed E-state index contributed by atoms with van der Waals surface area (Å²) in [5.74, 6) is 1.02. The van der Waals surface area contributed by atoms with Crippen LogP contribution >= 0.6 is 0 Å². The molecule has 3 atom stereocenters. The zero-order chi connectivity index (χ0) is 24.0. The number of piperidine rings is 1. The van der Waals surface area contributed by atoms with Crippen molar-refractivity contribution in [1.29, 1.82) is 0 Å². The summed E-state index contributed by atoms with van der Waals surface area (Å²) in [5, 5.41) is 0. The predicted octanol–water partition coefficient (Wildman–Crippen LogP) is 4.04. The quantitative estimate of drug-likeness (QED) is 0.663. The number of rotatable bonds is 4. The average Bonchev–Trinajstić information content (AvgIpc) is 3.34. The average molecular weight is 470 g/mol. The molecule has 1 aromatic rings. The monoisotopic (exact) mass is 469 g/mol. The number of nitrogens with zero attached hydrogens (tertiary/aromatic N) is 5. The molecule has 4 rings (SSSR count). The van der Waals surface area contributed by atoms with E-state index in [0.29, 0.717) is 18.5 Å². The van der Waals surface area contributed by atoms with E-state index in [1.165, 1.54) is 6.42 Å². The number of alkyl halides is 3. The molecule has 0 bridgehead atoms. The molecule has 1 amide bonds. The van der Waals surface area contributed by atoms with E-state index in [2.05, 4.69) is 28.7 Å². The standard InChI is InChI=1S/C23H34F3N5O2/c1-15-12-30(20-27-10-18(11-28-20)23(24,25)26)13-16(2)31(15)21(32)33-19-5-7-29(8-6-19)14-17-9-22(17,3)4/h10-11,15-17,19H,5-9,12-14H2,1-4H3/t15-,16+,17?. The Bertz CT molecular complexity index is 827. The summed E-state index contributed by atoms with van der Waals surface area (Å²) < 4.78 is 44.2. The third kappa shape index (κ3) is 5.53. The fourth-order valence-corrected chi connectivity index (χ4v) is 5.09. The Kier molecular flexibility index (Phi) is 6.50. The third-order valence-electron chi connectivity index (χ3n) is 7.38. The molecule has 10 heteroatoms. The Morgan fingerprint density at radius 3 is 2.15 bits per heavy atom. The molecule has 2 aliphatic heterocycles. The number of likely N-dealkylation sites (tertiary alicyclic amines) is 1. The summed E-state index contributed by atoms with van der Waals surface area (Å²) in [4.78, 5) is 26.8. The Hall–Kier alpha value is -2.10. The molecular formula is C23H34F3N5O2. The van der Waals surface area contributed by atoms with Gasteiger partial charge in [-0.05, 0) is 44.4 Å². The maximum atomic E-state index is 13.0. The van der Waals surface area contributed by atoms with Crippen molar-refractivity contribution in [3.8, 4) is 0 Å². The number of halogens is 3. The second-order valence-electron chi connectivity index (χ2n) is 10.6. The van der Waals surface area contributed by atoms with Crippen LogP contribution in [0.5, 0.6) is 0 Å². The fraction of sp³-hybridized carbons (Fsp3) is 0.783. The highest BCUT2D eigenvalue weighted by Crippen LogP contribution is 2.52. The predicted molar refractivity (Wildman–Crippen MR) is 118 cm³/mol. The van der Waals surface area contributed by atoms with E-state index >= 15 is 0 Å². The van der Waals surface area contributed by atoms with Gasteiger partial charge in [-0.25, -0.2) is 14.8 Å². The summed E-state index contributed by atoms with van der Waals surface area (Å²) in [6, 6.07) is -0.353. The van der Waals surface area contributed by atoms with Crippen molar-refractivity contribution >= 4 is 12.0 Å². The van der Waals surface area contributed by atoms with E-state index in [4.69, 9.17) is 4.74 Å². The van der Waals surface area contributed by atoms with Crippen molar-refractivity contribution in [3.63, 3.8) is 0 Å². The van der Waals surface area contributed by atoms with E-state index in [1.54, 1.807) is 4.90 Å². The first-order chi connectivity index (χ1) is 15.4. The van der Waals surface area contributed by atoms with Crippen molar-refractivity contribution in [1.82, 2.24) is 19.8 Å². The maximum Gasteiger partial charge on any atom is 0.419 e. The first-order valence-corrected chi connectivity index (χ1v) is 11.8. The lowest BCUT2D eigenvalue weighted by atomic mass is 10.1. The van der Waals surface area contributed by atoms with Gasteiger partial charge in [0.05, 0.1) is 17.6 Å². The Morgan fingerprint density at radius 2 is 1.67 bits per heavy atom. The minimum Gasteiger partial charge on any atom is -0.446 e. The lowest BCUT2D eigenvalue weighted by molar-refractivity contribution is -0.138. The number of piperazine rings is 1. The second-order valence-corrected chi connectivity index (χ2v) is 10.6. The number of aromatic nitrogens is 2. The molecule has 1 unspecified atom stereocenters. The minimum atomic E-state index is -4.47. The van der Waals surface area contributed by atoms with Crippen LogP contribution in [0.2, 0.25) is 0 Å². The van der Waals surface area contributed by atoms with E-state index < -0.39 is 11.7 Å². The van der Waals surface area contributed by atoms with Crippen LogP contribution in [0.3, 0.4) is 0 Å². The number of hydrogen-bond acceptors (Lipinski definition) is 6. The highest BCUT2D eigenvalue weighted by molar-refractivity contribution is 5.69. The van der Waals surface area contributed by atoms with Crippen molar-refractivity contribution in [2.75, 3.05) is 37.6 Å². The first kappa shape index (κ1) is 24.0. The molecule has 0 N–H and O–H groups in total. The van der Waals surface area contributed by atoms with Crippen LogP contribution in [-0.4, -0.2) is 76.8 Å². The molecular weight excluding hydrogens is 435 g/mol. The summed E-state index contributed by atoms with van der Waals surface area (Å²) in [6.07, 6.45) is -0.263. The van der Waals surface area contributed by atoms with E-state index in [0.717, 1.165) is 50.8 Å². The highest BCUT2D eigenvalue weighted by Gasteiger charge is 2.46. The van der Waals surface area contributed by atoms with Crippen LogP contribution in [0.25, 0.3) is 0 Å². The van der Waals surface area contributed by atoms with Crippen molar-refractivity contribution < 1.29 is 22.7 Å². The molecule has 7 nitrogen and oxygen atoms in total. The Balaban J connectivity index is 1.27. The molecule has 1 aromatic heterocycles. The number of carbonyl (C=O) groups is 1. The smallest absolute Gasteiger partial charge is 0.419 e. The van der Waals surface area contributed by atoms with Gasteiger partial charge in [-0.15, -0.1) is 0 Å². The molecule has 3 aliphatic rings. The molecule has 0 radical (unpaired) electrons. The van der Waals surface area contributed by atoms with E-state index in [9.17, 15) is 18.0 Å². The molecule has 0 spiro atoms. The summed E-state index contributed by atoms with van der Waals surface area (Å²) >= 11 is 0. The van der Waals surface area contributed by atoms with Gasteiger partial charge in [0, 0.05) is 45.1 Å². The molecule has 2 saturated heterocycles. The molecule has 0 aromatic carbocycles. The van der Waals surface area contributed by atoms with Gasteiger partial charge >= 0.3 is 12.3 Å². The van der Waals surface area contributed by atoms with E-state index in [-0.39, 0.29) is 30.2 Å². The summed E-state index contributed by atoms with van der Waals surface area (Å²) in [7, 11) is 0. The normalized spacial score (nSPS) is 28.6. The SMILES string of the molecule is C[C@@H]1CN(c2ncc(C(F)(F)F)cn2)C[C@H](C)N1C(=O)OC1CCN(CC2CC2(C)C)CC1. The highest BCUT2D eigenvalue weighted by atomic mass is 19.4. The van der Waals surface area contributed by atoms with Crippen LogP contribution in [0.15, 0.2) is 12.4 Å². The Labute approximate surface area is 193 Å². The second kappa shape index (κ2) is 8.92. The van der Waals surface area contributed by atoms with Crippen LogP contribution in [0.1, 0.15) is 52.5 Å². The molecule has 184 valence electrons. The third-order valence-corrected chi connectivity index (χ3v) is 7.38. The lowest BCUT2D eigenvalue weighted by Crippen LogP contribution is -2.59. The number of amides is 1. The van der Waals surface area contributed by atoms with Crippen molar-refractivity contribution in [2.45, 2.75) is 71.3 Å². The van der Waals surface area contributed by atoms with Crippen molar-refractivity contribution in [2.24, 2.45) is 11.3 Å². The number of carbonyl (C=O) groups excluding carboxylic acids is 1. The van der Waals surface area contributed by atoms with Gasteiger partial charge in [0.1, 0.15) is 6.10 Å². The summed E-state index contributed by atoms with van der Waals surface area (Å²) in [6.45, 7) is 12.4. The largest absolute Gasteiger partial charge is 0.446 e. The molecule has 3 fully saturated rings. The zero-order valence-electron chi connectivity index (χ0n) is 19.8. The van der Waals surface area contributed by atoms with Gasteiger partial charge in [-0.3, -0.25) is 4.90 Å². The van der Waals surface area contributed by atoms with Crippen LogP contribution in [0.4, 0.5) is 23.9 Å². The fourth-order valence-electron chi connectivity index (χ4n) is 5.09. The van der Waals surface area contributed by atoms with Gasteiger partial charge in [0.2, 0.25) is 5.95 Å². The molecule has 1 aliphatic carbocycles.